The Morgan fingerprint density at radius 1 is 1.12 bits per heavy atom. The number of alkyl carbamates (subject to hydrolysis) is 1. The van der Waals surface area contributed by atoms with E-state index < -0.39 is 23.8 Å². The number of halogens is 2. The lowest BCUT2D eigenvalue weighted by atomic mass is 10.1. The van der Waals surface area contributed by atoms with Gasteiger partial charge in [0.15, 0.2) is 6.23 Å². The summed E-state index contributed by atoms with van der Waals surface area (Å²) in [5, 5.41) is 24.1. The second-order valence-electron chi connectivity index (χ2n) is 10.4. The summed E-state index contributed by atoms with van der Waals surface area (Å²) in [6.07, 6.45) is 2.39. The zero-order valence-electron chi connectivity index (χ0n) is 23.9. The van der Waals surface area contributed by atoms with Gasteiger partial charge in [-0.05, 0) is 69.9 Å². The fourth-order valence-electron chi connectivity index (χ4n) is 4.16. The van der Waals surface area contributed by atoms with Crippen molar-refractivity contribution in [3.8, 4) is 0 Å². The van der Waals surface area contributed by atoms with Gasteiger partial charge in [0.2, 0.25) is 0 Å². The fourth-order valence-corrected chi connectivity index (χ4v) is 4.76. The van der Waals surface area contributed by atoms with Crippen molar-refractivity contribution in [2.24, 2.45) is 4.99 Å². The number of carbonyl (C=O) groups is 3. The van der Waals surface area contributed by atoms with E-state index >= 15 is 0 Å². The molecule has 0 aliphatic heterocycles. The van der Waals surface area contributed by atoms with Crippen LogP contribution in [0.25, 0.3) is 0 Å². The van der Waals surface area contributed by atoms with E-state index in [2.05, 4.69) is 37.6 Å². The van der Waals surface area contributed by atoms with Crippen molar-refractivity contribution in [3.63, 3.8) is 0 Å². The van der Waals surface area contributed by atoms with E-state index in [1.807, 2.05) is 18.2 Å². The lowest BCUT2D eigenvalue weighted by Gasteiger charge is -2.19. The first kappa shape index (κ1) is 32.7. The lowest BCUT2D eigenvalue weighted by Crippen LogP contribution is -2.41. The molecule has 42 heavy (non-hydrogen) atoms. The Balaban J connectivity index is 1.50. The molecule has 6 N–H and O–H groups in total. The van der Waals surface area contributed by atoms with Gasteiger partial charge in [-0.1, -0.05) is 47.5 Å². The number of hydrogen-bond donors (Lipinski definition) is 6. The molecule has 0 saturated heterocycles. The van der Waals surface area contributed by atoms with Gasteiger partial charge >= 0.3 is 12.1 Å². The van der Waals surface area contributed by atoms with Gasteiger partial charge in [-0.2, -0.15) is 0 Å². The summed E-state index contributed by atoms with van der Waals surface area (Å²) in [7, 11) is 0. The first-order valence-electron chi connectivity index (χ1n) is 13.4. The normalized spacial score (nSPS) is 15.5. The molecule has 2 aromatic carbocycles. The molecule has 0 fully saturated rings. The monoisotopic (exact) mass is 618 g/mol. The average Bonchev–Trinajstić information content (AvgIpc) is 3.32. The van der Waals surface area contributed by atoms with Gasteiger partial charge in [0.1, 0.15) is 11.4 Å². The lowest BCUT2D eigenvalue weighted by molar-refractivity contribution is 0.0545. The molecule has 3 rings (SSSR count). The minimum Gasteiger partial charge on any atom is -0.444 e. The molecule has 0 heterocycles. The largest absolute Gasteiger partial charge is 0.444 e. The SMILES string of the molecule is C/C=C(\N=CC(O)Nc1ccc(Cl)c(C(=O)NCCNC(=O)N[C@@H]2CCc3ccccc32)c1Cl)NC(=O)OC(C)(C)C. The van der Waals surface area contributed by atoms with Crippen LogP contribution in [0.1, 0.15) is 61.6 Å². The summed E-state index contributed by atoms with van der Waals surface area (Å²) < 4.78 is 5.19. The first-order valence-corrected chi connectivity index (χ1v) is 14.2. The van der Waals surface area contributed by atoms with Gasteiger partial charge < -0.3 is 31.1 Å². The first-order chi connectivity index (χ1) is 19.9. The number of aliphatic hydroxyl groups excluding tert-OH is 1. The number of fused-ring (bicyclic) bond motifs is 1. The molecule has 0 bridgehead atoms. The highest BCUT2D eigenvalue weighted by molar-refractivity contribution is 6.41. The number of rotatable bonds is 10. The van der Waals surface area contributed by atoms with Crippen molar-refractivity contribution in [2.45, 2.75) is 58.4 Å². The van der Waals surface area contributed by atoms with Gasteiger partial charge in [-0.25, -0.2) is 14.6 Å². The van der Waals surface area contributed by atoms with E-state index in [0.717, 1.165) is 24.6 Å². The van der Waals surface area contributed by atoms with E-state index in [1.54, 1.807) is 27.7 Å². The number of benzene rings is 2. The average molecular weight is 620 g/mol. The predicted octanol–water partition coefficient (Wildman–Crippen LogP) is 4.90. The van der Waals surface area contributed by atoms with Crippen molar-refractivity contribution in [3.05, 3.63) is 75.0 Å². The Hall–Kier alpha value is -3.80. The van der Waals surface area contributed by atoms with E-state index in [0.29, 0.717) is 0 Å². The highest BCUT2D eigenvalue weighted by Gasteiger charge is 2.23. The van der Waals surface area contributed by atoms with Crippen molar-refractivity contribution < 1.29 is 24.2 Å². The molecule has 0 aromatic heterocycles. The number of aliphatic imine (C=N–C) groups is 1. The molecular formula is C29H36Cl2N6O5. The van der Waals surface area contributed by atoms with Crippen LogP contribution < -0.4 is 26.6 Å². The number of allylic oxidation sites excluding steroid dienone is 1. The highest BCUT2D eigenvalue weighted by Crippen LogP contribution is 2.32. The summed E-state index contributed by atoms with van der Waals surface area (Å²) in [6, 6.07) is 10.6. The number of nitrogens with one attached hydrogen (secondary N) is 5. The third-order valence-corrected chi connectivity index (χ3v) is 6.72. The van der Waals surface area contributed by atoms with Crippen molar-refractivity contribution >= 4 is 53.1 Å². The molecule has 2 atom stereocenters. The van der Waals surface area contributed by atoms with E-state index in [9.17, 15) is 19.5 Å². The van der Waals surface area contributed by atoms with Crippen LogP contribution in [0.3, 0.4) is 0 Å². The van der Waals surface area contributed by atoms with E-state index in [4.69, 9.17) is 27.9 Å². The summed E-state index contributed by atoms with van der Waals surface area (Å²) in [5.41, 5.74) is 1.89. The Morgan fingerprint density at radius 2 is 1.83 bits per heavy atom. The van der Waals surface area contributed by atoms with Crippen LogP contribution in [-0.2, 0) is 11.2 Å². The third-order valence-electron chi connectivity index (χ3n) is 6.01. The predicted molar refractivity (Wildman–Crippen MR) is 164 cm³/mol. The number of aryl methyl sites for hydroxylation is 1. The van der Waals surface area contributed by atoms with Crippen LogP contribution in [0.5, 0.6) is 0 Å². The molecule has 0 spiro atoms. The van der Waals surface area contributed by atoms with Crippen molar-refractivity contribution in [1.82, 2.24) is 21.3 Å². The molecule has 1 aliphatic rings. The fraction of sp³-hybridized carbons (Fsp3) is 0.379. The van der Waals surface area contributed by atoms with Crippen LogP contribution >= 0.6 is 23.2 Å². The number of amides is 4. The number of urea groups is 1. The van der Waals surface area contributed by atoms with Gasteiger partial charge in [0.05, 0.1) is 33.6 Å². The maximum absolute atomic E-state index is 12.9. The molecule has 13 heteroatoms. The van der Waals surface area contributed by atoms with E-state index in [-0.39, 0.29) is 52.3 Å². The summed E-state index contributed by atoms with van der Waals surface area (Å²) in [4.78, 5) is 41.2. The molecule has 0 saturated carbocycles. The minimum atomic E-state index is -1.33. The maximum Gasteiger partial charge on any atom is 0.413 e. The number of aliphatic hydroxyl groups is 1. The summed E-state index contributed by atoms with van der Waals surface area (Å²) in [6.45, 7) is 7.16. The smallest absolute Gasteiger partial charge is 0.413 e. The molecule has 1 aliphatic carbocycles. The summed E-state index contributed by atoms with van der Waals surface area (Å²) in [5.74, 6) is -0.399. The van der Waals surface area contributed by atoms with Gasteiger partial charge in [0.25, 0.3) is 5.91 Å². The van der Waals surface area contributed by atoms with Crippen LogP contribution in [0, 0.1) is 0 Å². The van der Waals surface area contributed by atoms with Crippen molar-refractivity contribution in [2.75, 3.05) is 18.4 Å². The molecule has 11 nitrogen and oxygen atoms in total. The molecule has 1 unspecified atom stereocenters. The molecule has 4 amide bonds. The Kier molecular flexibility index (Phi) is 11.6. The third kappa shape index (κ3) is 9.64. The van der Waals surface area contributed by atoms with Gasteiger partial charge in [-0.3, -0.25) is 10.1 Å². The van der Waals surface area contributed by atoms with Crippen LogP contribution in [0.15, 0.2) is 53.3 Å². The Bertz CT molecular complexity index is 1360. The topological polar surface area (TPSA) is 153 Å². The standard InChI is InChI=1S/C29H36Cl2N6O5/c1-5-22(37-28(41)42-29(2,3)4)34-16-23(38)35-21-13-11-19(30)24(25(21)31)26(39)32-14-15-33-27(40)36-20-12-10-17-8-6-7-9-18(17)20/h5-9,11,13,16,20,23,35,38H,10,12,14-15H2,1-4H3,(H,32,39)(H,37,41)(H2,33,36,40)/b22-5+,34-16?/t20-,23?/m1/s1. The zero-order chi connectivity index (χ0) is 30.9. The molecular weight excluding hydrogens is 583 g/mol. The quantitative estimate of drug-likeness (QED) is 0.126. The number of nitrogens with zero attached hydrogens (tertiary/aromatic N) is 1. The number of hydrogen-bond acceptors (Lipinski definition) is 7. The second kappa shape index (κ2) is 14.9. The number of carbonyl (C=O) groups excluding carboxylic acids is 3. The van der Waals surface area contributed by atoms with Crippen LogP contribution in [0.2, 0.25) is 10.0 Å². The maximum atomic E-state index is 12.9. The van der Waals surface area contributed by atoms with Gasteiger partial charge in [-0.15, -0.1) is 0 Å². The molecule has 0 radical (unpaired) electrons. The van der Waals surface area contributed by atoms with Gasteiger partial charge in [0, 0.05) is 13.1 Å². The van der Waals surface area contributed by atoms with Crippen molar-refractivity contribution in [1.29, 1.82) is 0 Å². The number of ether oxygens (including phenoxy) is 1. The van der Waals surface area contributed by atoms with E-state index in [1.165, 1.54) is 23.8 Å². The minimum absolute atomic E-state index is 0.000205. The number of anilines is 1. The Morgan fingerprint density at radius 3 is 2.55 bits per heavy atom. The Labute approximate surface area is 255 Å². The zero-order valence-corrected chi connectivity index (χ0v) is 25.4. The second-order valence-corrected chi connectivity index (χ2v) is 11.2. The molecule has 226 valence electrons. The van der Waals surface area contributed by atoms with Crippen LogP contribution in [0.4, 0.5) is 15.3 Å². The molecule has 2 aromatic rings. The summed E-state index contributed by atoms with van der Waals surface area (Å²) >= 11 is 12.7. The highest BCUT2D eigenvalue weighted by atomic mass is 35.5. The van der Waals surface area contributed by atoms with Crippen LogP contribution in [-0.4, -0.2) is 54.3 Å².